The van der Waals surface area contributed by atoms with Gasteiger partial charge in [-0.2, -0.15) is 0 Å². The first-order valence-electron chi connectivity index (χ1n) is 10.7. The maximum absolute atomic E-state index is 12.6. The van der Waals surface area contributed by atoms with Crippen LogP contribution in [0.2, 0.25) is 0 Å². The van der Waals surface area contributed by atoms with Crippen molar-refractivity contribution in [2.45, 2.75) is 19.4 Å². The van der Waals surface area contributed by atoms with Crippen LogP contribution in [0.4, 0.5) is 0 Å². The van der Waals surface area contributed by atoms with E-state index < -0.39 is 5.41 Å². The highest BCUT2D eigenvalue weighted by molar-refractivity contribution is 5.82. The number of hydrogen-bond donors (Lipinski definition) is 1. The molecular weight excluding hydrogens is 402 g/mol. The first-order valence-corrected chi connectivity index (χ1v) is 10.7. The fourth-order valence-electron chi connectivity index (χ4n) is 4.48. The van der Waals surface area contributed by atoms with Crippen LogP contribution in [0.1, 0.15) is 17.5 Å². The van der Waals surface area contributed by atoms with Crippen LogP contribution in [0.15, 0.2) is 67.0 Å². The summed E-state index contributed by atoms with van der Waals surface area (Å²) in [4.78, 5) is 19.0. The minimum Gasteiger partial charge on any atom is -0.497 e. The van der Waals surface area contributed by atoms with Crippen molar-refractivity contribution in [3.05, 3.63) is 78.1 Å². The summed E-state index contributed by atoms with van der Waals surface area (Å²) < 4.78 is 10.8. The molecule has 32 heavy (non-hydrogen) atoms. The number of rotatable bonds is 8. The molecule has 1 saturated heterocycles. The summed E-state index contributed by atoms with van der Waals surface area (Å²) in [6, 6.07) is 18.2. The Morgan fingerprint density at radius 1 is 1.03 bits per heavy atom. The Labute approximate surface area is 189 Å². The second-order valence-electron chi connectivity index (χ2n) is 8.44. The molecule has 1 amide bonds. The molecular formula is C26H29N3O3. The summed E-state index contributed by atoms with van der Waals surface area (Å²) in [7, 11) is 3.29. The molecule has 1 atom stereocenters. The van der Waals surface area contributed by atoms with Crippen LogP contribution in [0, 0.1) is 5.41 Å². The predicted octanol–water partition coefficient (Wildman–Crippen LogP) is 3.69. The third kappa shape index (κ3) is 4.75. The van der Waals surface area contributed by atoms with Crippen LogP contribution >= 0.6 is 0 Å². The lowest BCUT2D eigenvalue weighted by Gasteiger charge is -2.26. The van der Waals surface area contributed by atoms with Crippen LogP contribution in [-0.2, 0) is 17.8 Å². The molecule has 2 heterocycles. The van der Waals surface area contributed by atoms with Crippen LogP contribution in [0.3, 0.4) is 0 Å². The SMILES string of the molecule is COc1cc(CN2CCC(Cc3ccc(-c4cccnc4)cc3)(C(N)=O)C2)cc(OC)c1. The van der Waals surface area contributed by atoms with Crippen LogP contribution in [-0.4, -0.2) is 43.1 Å². The first kappa shape index (κ1) is 21.8. The third-order valence-corrected chi connectivity index (χ3v) is 6.26. The number of carbonyl (C=O) groups is 1. The molecule has 1 aliphatic heterocycles. The maximum Gasteiger partial charge on any atom is 0.225 e. The second-order valence-corrected chi connectivity index (χ2v) is 8.44. The Morgan fingerprint density at radius 3 is 2.34 bits per heavy atom. The van der Waals surface area contributed by atoms with Crippen molar-refractivity contribution < 1.29 is 14.3 Å². The molecule has 1 unspecified atom stereocenters. The number of nitrogens with two attached hydrogens (primary N) is 1. The van der Waals surface area contributed by atoms with Crippen molar-refractivity contribution in [2.75, 3.05) is 27.3 Å². The number of likely N-dealkylation sites (tertiary alicyclic amines) is 1. The van der Waals surface area contributed by atoms with Gasteiger partial charge in [0, 0.05) is 31.5 Å². The average Bonchev–Trinajstić information content (AvgIpc) is 3.23. The number of ether oxygens (including phenoxy) is 2. The Hall–Kier alpha value is -3.38. The van der Waals surface area contributed by atoms with Crippen molar-refractivity contribution in [3.63, 3.8) is 0 Å². The van der Waals surface area contributed by atoms with Crippen molar-refractivity contribution in [1.29, 1.82) is 0 Å². The zero-order chi connectivity index (χ0) is 22.6. The fraction of sp³-hybridized carbons (Fsp3) is 0.308. The predicted molar refractivity (Wildman–Crippen MR) is 124 cm³/mol. The molecule has 0 aliphatic carbocycles. The Kier molecular flexibility index (Phi) is 6.42. The van der Waals surface area contributed by atoms with Gasteiger partial charge in [0.05, 0.1) is 19.6 Å². The lowest BCUT2D eigenvalue weighted by atomic mass is 9.80. The average molecular weight is 432 g/mol. The van der Waals surface area contributed by atoms with Gasteiger partial charge < -0.3 is 15.2 Å². The maximum atomic E-state index is 12.6. The molecule has 0 saturated carbocycles. The molecule has 2 N–H and O–H groups in total. The van der Waals surface area contributed by atoms with E-state index in [1.165, 1.54) is 0 Å². The fourth-order valence-corrected chi connectivity index (χ4v) is 4.48. The molecule has 3 aromatic rings. The topological polar surface area (TPSA) is 77.7 Å². The summed E-state index contributed by atoms with van der Waals surface area (Å²) in [6.45, 7) is 2.16. The Bertz CT molecular complexity index is 1050. The van der Waals surface area contributed by atoms with Crippen molar-refractivity contribution in [3.8, 4) is 22.6 Å². The molecule has 1 aromatic heterocycles. The second kappa shape index (κ2) is 9.40. The summed E-state index contributed by atoms with van der Waals surface area (Å²) in [6.07, 6.45) is 4.99. The summed E-state index contributed by atoms with van der Waals surface area (Å²) in [5.41, 5.74) is 9.74. The monoisotopic (exact) mass is 431 g/mol. The van der Waals surface area contributed by atoms with Gasteiger partial charge >= 0.3 is 0 Å². The highest BCUT2D eigenvalue weighted by Crippen LogP contribution is 2.36. The molecule has 4 rings (SSSR count). The highest BCUT2D eigenvalue weighted by atomic mass is 16.5. The standard InChI is InChI=1S/C26H29N3O3/c1-31-23-12-20(13-24(14-23)32-2)17-29-11-9-26(18-29,25(27)30)15-19-5-7-21(8-6-19)22-4-3-10-28-16-22/h3-8,10,12-14,16H,9,11,15,17-18H2,1-2H3,(H2,27,30). The highest BCUT2D eigenvalue weighted by Gasteiger charge is 2.43. The minimum absolute atomic E-state index is 0.237. The van der Waals surface area contributed by atoms with Crippen LogP contribution < -0.4 is 15.2 Å². The van der Waals surface area contributed by atoms with E-state index in [9.17, 15) is 4.79 Å². The van der Waals surface area contributed by atoms with Gasteiger partial charge in [0.25, 0.3) is 0 Å². The van der Waals surface area contributed by atoms with E-state index in [2.05, 4.69) is 34.1 Å². The van der Waals surface area contributed by atoms with E-state index in [-0.39, 0.29) is 5.91 Å². The van der Waals surface area contributed by atoms with Crippen LogP contribution in [0.5, 0.6) is 11.5 Å². The van der Waals surface area contributed by atoms with Crippen molar-refractivity contribution in [2.24, 2.45) is 11.1 Å². The number of pyridine rings is 1. The number of nitrogens with zero attached hydrogens (tertiary/aromatic N) is 2. The van der Waals surface area contributed by atoms with E-state index in [0.717, 1.165) is 46.7 Å². The number of benzene rings is 2. The number of methoxy groups -OCH3 is 2. The van der Waals surface area contributed by atoms with Crippen molar-refractivity contribution >= 4 is 5.91 Å². The van der Waals surface area contributed by atoms with E-state index in [4.69, 9.17) is 15.2 Å². The number of hydrogen-bond acceptors (Lipinski definition) is 5. The third-order valence-electron chi connectivity index (χ3n) is 6.26. The first-order chi connectivity index (χ1) is 15.5. The smallest absolute Gasteiger partial charge is 0.225 e. The molecule has 0 bridgehead atoms. The number of primary amides is 1. The Morgan fingerprint density at radius 2 is 1.75 bits per heavy atom. The van der Waals surface area contributed by atoms with Crippen molar-refractivity contribution in [1.82, 2.24) is 9.88 Å². The van der Waals surface area contributed by atoms with Gasteiger partial charge in [0.15, 0.2) is 0 Å². The van der Waals surface area contributed by atoms with Gasteiger partial charge in [0.1, 0.15) is 11.5 Å². The normalized spacial score (nSPS) is 18.4. The zero-order valence-corrected chi connectivity index (χ0v) is 18.6. The van der Waals surface area contributed by atoms with E-state index in [0.29, 0.717) is 19.5 Å². The molecule has 6 nitrogen and oxygen atoms in total. The van der Waals surface area contributed by atoms with Gasteiger partial charge in [-0.3, -0.25) is 14.7 Å². The lowest BCUT2D eigenvalue weighted by molar-refractivity contribution is -0.127. The van der Waals surface area contributed by atoms with Gasteiger partial charge in [-0.1, -0.05) is 30.3 Å². The molecule has 2 aromatic carbocycles. The largest absolute Gasteiger partial charge is 0.497 e. The van der Waals surface area contributed by atoms with Gasteiger partial charge in [-0.25, -0.2) is 0 Å². The lowest BCUT2D eigenvalue weighted by Crippen LogP contribution is -2.41. The molecule has 1 fully saturated rings. The number of carbonyl (C=O) groups excluding carboxylic acids is 1. The quantitative estimate of drug-likeness (QED) is 0.589. The summed E-state index contributed by atoms with van der Waals surface area (Å²) in [5.74, 6) is 1.28. The molecule has 0 spiro atoms. The minimum atomic E-state index is -0.571. The summed E-state index contributed by atoms with van der Waals surface area (Å²) in [5, 5.41) is 0. The van der Waals surface area contributed by atoms with Crippen LogP contribution in [0.25, 0.3) is 11.1 Å². The summed E-state index contributed by atoms with van der Waals surface area (Å²) >= 11 is 0. The molecule has 6 heteroatoms. The number of amides is 1. The van der Waals surface area contributed by atoms with E-state index >= 15 is 0 Å². The van der Waals surface area contributed by atoms with Gasteiger partial charge in [-0.05, 0) is 59.8 Å². The molecule has 166 valence electrons. The molecule has 0 radical (unpaired) electrons. The van der Waals surface area contributed by atoms with Gasteiger partial charge in [0.2, 0.25) is 5.91 Å². The number of aromatic nitrogens is 1. The van der Waals surface area contributed by atoms with E-state index in [1.807, 2.05) is 36.5 Å². The van der Waals surface area contributed by atoms with E-state index in [1.54, 1.807) is 20.4 Å². The molecule has 1 aliphatic rings. The Balaban J connectivity index is 1.48. The zero-order valence-electron chi connectivity index (χ0n) is 18.6. The van der Waals surface area contributed by atoms with Gasteiger partial charge in [-0.15, -0.1) is 0 Å².